The van der Waals surface area contributed by atoms with Crippen LogP contribution in [0.5, 0.6) is 0 Å². The van der Waals surface area contributed by atoms with Gasteiger partial charge in [-0.05, 0) is 27.2 Å². The van der Waals surface area contributed by atoms with E-state index in [-0.39, 0.29) is 18.5 Å². The van der Waals surface area contributed by atoms with Crippen LogP contribution in [0, 0.1) is 0 Å². The summed E-state index contributed by atoms with van der Waals surface area (Å²) in [5.74, 6) is -0.506. The van der Waals surface area contributed by atoms with E-state index in [1.807, 2.05) is 26.8 Å². The second-order valence-corrected chi connectivity index (χ2v) is 3.90. The summed E-state index contributed by atoms with van der Waals surface area (Å²) in [7, 11) is 1.32. The third-order valence-electron chi connectivity index (χ3n) is 2.26. The van der Waals surface area contributed by atoms with Crippen molar-refractivity contribution in [3.63, 3.8) is 0 Å². The van der Waals surface area contributed by atoms with Gasteiger partial charge in [0.05, 0.1) is 7.11 Å². The van der Waals surface area contributed by atoms with E-state index in [9.17, 15) is 9.59 Å². The summed E-state index contributed by atoms with van der Waals surface area (Å²) >= 11 is 0. The second-order valence-electron chi connectivity index (χ2n) is 3.90. The van der Waals surface area contributed by atoms with Crippen LogP contribution in [0.4, 0.5) is 0 Å². The Morgan fingerprint density at radius 3 is 2.31 bits per heavy atom. The van der Waals surface area contributed by atoms with E-state index in [1.165, 1.54) is 12.0 Å². The fraction of sp³-hybridized carbons (Fsp3) is 0.667. The van der Waals surface area contributed by atoms with Crippen LogP contribution in [0.15, 0.2) is 11.6 Å². The highest BCUT2D eigenvalue weighted by Gasteiger charge is 2.21. The molecule has 0 atom stereocenters. The topological polar surface area (TPSA) is 46.6 Å². The summed E-state index contributed by atoms with van der Waals surface area (Å²) in [6.45, 7) is 7.48. The van der Waals surface area contributed by atoms with E-state index in [0.717, 1.165) is 6.42 Å². The minimum absolute atomic E-state index is 0.00188. The highest BCUT2D eigenvalue weighted by molar-refractivity contribution is 5.94. The Morgan fingerprint density at radius 1 is 1.38 bits per heavy atom. The van der Waals surface area contributed by atoms with E-state index in [1.54, 1.807) is 6.92 Å². The number of rotatable bonds is 5. The molecular formula is C12H21NO3. The highest BCUT2D eigenvalue weighted by Crippen LogP contribution is 2.07. The molecule has 0 heterocycles. The van der Waals surface area contributed by atoms with E-state index < -0.39 is 5.97 Å². The van der Waals surface area contributed by atoms with Crippen LogP contribution in [-0.4, -0.2) is 36.5 Å². The molecule has 0 bridgehead atoms. The predicted octanol–water partition coefficient (Wildman–Crippen LogP) is 1.75. The van der Waals surface area contributed by atoms with Gasteiger partial charge in [0.25, 0.3) is 0 Å². The number of hydrogen-bond donors (Lipinski definition) is 0. The average molecular weight is 227 g/mol. The number of esters is 1. The van der Waals surface area contributed by atoms with Gasteiger partial charge >= 0.3 is 5.97 Å². The third-order valence-corrected chi connectivity index (χ3v) is 2.26. The maximum atomic E-state index is 12.0. The van der Waals surface area contributed by atoms with E-state index in [2.05, 4.69) is 4.74 Å². The molecule has 0 saturated carbocycles. The normalized spacial score (nSPS) is 11.5. The van der Waals surface area contributed by atoms with E-state index >= 15 is 0 Å². The average Bonchev–Trinajstić information content (AvgIpc) is 2.24. The van der Waals surface area contributed by atoms with Crippen molar-refractivity contribution >= 4 is 11.9 Å². The van der Waals surface area contributed by atoms with Gasteiger partial charge in [-0.2, -0.15) is 0 Å². The largest absolute Gasteiger partial charge is 0.468 e. The lowest BCUT2D eigenvalue weighted by Gasteiger charge is -2.25. The molecule has 92 valence electrons. The number of hydrogen-bond acceptors (Lipinski definition) is 3. The summed E-state index contributed by atoms with van der Waals surface area (Å²) in [6, 6.07) is -0.0215. The minimum atomic E-state index is -0.397. The van der Waals surface area contributed by atoms with E-state index in [4.69, 9.17) is 0 Å². The Bertz CT molecular complexity index is 282. The molecule has 0 aromatic carbocycles. The number of allylic oxidation sites excluding steroid dienone is 1. The van der Waals surface area contributed by atoms with Gasteiger partial charge in [0.2, 0.25) is 5.91 Å². The van der Waals surface area contributed by atoms with Gasteiger partial charge in [0.15, 0.2) is 0 Å². The molecule has 0 aliphatic heterocycles. The van der Waals surface area contributed by atoms with Gasteiger partial charge in [0.1, 0.15) is 6.54 Å². The molecule has 0 rings (SSSR count). The smallest absolute Gasteiger partial charge is 0.325 e. The Balaban J connectivity index is 4.72. The summed E-state index contributed by atoms with van der Waals surface area (Å²) in [5, 5.41) is 0. The maximum Gasteiger partial charge on any atom is 0.325 e. The predicted molar refractivity (Wildman–Crippen MR) is 62.9 cm³/mol. The van der Waals surface area contributed by atoms with Gasteiger partial charge in [0, 0.05) is 11.6 Å². The lowest BCUT2D eigenvalue weighted by molar-refractivity contribution is -0.146. The standard InChI is InChI=1S/C12H21NO3/c1-6-7-10(4)12(15)13(9(2)3)8-11(14)16-5/h7,9H,6,8H2,1-5H3/b10-7-. The number of carbonyl (C=O) groups excluding carboxylic acids is 2. The number of amides is 1. The fourth-order valence-electron chi connectivity index (χ4n) is 1.31. The molecule has 1 amide bonds. The zero-order valence-corrected chi connectivity index (χ0v) is 10.7. The molecule has 16 heavy (non-hydrogen) atoms. The van der Waals surface area contributed by atoms with Crippen molar-refractivity contribution in [2.24, 2.45) is 0 Å². The SMILES string of the molecule is CC/C=C(/C)C(=O)N(CC(=O)OC)C(C)C. The molecule has 0 aliphatic rings. The van der Waals surface area contributed by atoms with Crippen LogP contribution in [0.2, 0.25) is 0 Å². The zero-order chi connectivity index (χ0) is 12.7. The minimum Gasteiger partial charge on any atom is -0.468 e. The van der Waals surface area contributed by atoms with Crippen molar-refractivity contribution < 1.29 is 14.3 Å². The van der Waals surface area contributed by atoms with Gasteiger partial charge in [-0.15, -0.1) is 0 Å². The summed E-state index contributed by atoms with van der Waals surface area (Å²) in [6.07, 6.45) is 2.66. The van der Waals surface area contributed by atoms with Crippen molar-refractivity contribution in [3.8, 4) is 0 Å². The van der Waals surface area contributed by atoms with Crippen LogP contribution < -0.4 is 0 Å². The van der Waals surface area contributed by atoms with Crippen molar-refractivity contribution in [2.75, 3.05) is 13.7 Å². The molecule has 0 N–H and O–H groups in total. The number of carbonyl (C=O) groups is 2. The summed E-state index contributed by atoms with van der Waals surface area (Å²) in [5.41, 5.74) is 0.667. The molecule has 0 aliphatic carbocycles. The number of nitrogens with zero attached hydrogens (tertiary/aromatic N) is 1. The van der Waals surface area contributed by atoms with Crippen molar-refractivity contribution in [2.45, 2.75) is 40.2 Å². The maximum absolute atomic E-state index is 12.0. The van der Waals surface area contributed by atoms with Crippen LogP contribution in [-0.2, 0) is 14.3 Å². The first-order valence-corrected chi connectivity index (χ1v) is 5.48. The van der Waals surface area contributed by atoms with Crippen LogP contribution in [0.1, 0.15) is 34.1 Å². The van der Waals surface area contributed by atoms with Crippen LogP contribution >= 0.6 is 0 Å². The Hall–Kier alpha value is -1.32. The van der Waals surface area contributed by atoms with Gasteiger partial charge in [-0.3, -0.25) is 9.59 Å². The van der Waals surface area contributed by atoms with Gasteiger partial charge in [-0.25, -0.2) is 0 Å². The first-order chi connectivity index (χ1) is 7.43. The highest BCUT2D eigenvalue weighted by atomic mass is 16.5. The summed E-state index contributed by atoms with van der Waals surface area (Å²) in [4.78, 5) is 24.7. The van der Waals surface area contributed by atoms with Crippen LogP contribution in [0.3, 0.4) is 0 Å². The molecule has 0 saturated heterocycles. The zero-order valence-electron chi connectivity index (χ0n) is 10.7. The molecule has 4 heteroatoms. The van der Waals surface area contributed by atoms with E-state index in [0.29, 0.717) is 5.57 Å². The lowest BCUT2D eigenvalue weighted by atomic mass is 10.2. The number of ether oxygens (including phenoxy) is 1. The molecule has 0 spiro atoms. The molecule has 0 unspecified atom stereocenters. The monoisotopic (exact) mass is 227 g/mol. The van der Waals surface area contributed by atoms with Gasteiger partial charge < -0.3 is 9.64 Å². The van der Waals surface area contributed by atoms with Gasteiger partial charge in [-0.1, -0.05) is 13.0 Å². The Labute approximate surface area is 97.3 Å². The van der Waals surface area contributed by atoms with Crippen molar-refractivity contribution in [1.29, 1.82) is 0 Å². The second kappa shape index (κ2) is 7.04. The Morgan fingerprint density at radius 2 is 1.94 bits per heavy atom. The molecule has 0 aromatic rings. The molecule has 0 fully saturated rings. The van der Waals surface area contributed by atoms with Crippen molar-refractivity contribution in [1.82, 2.24) is 4.90 Å². The molecule has 4 nitrogen and oxygen atoms in total. The lowest BCUT2D eigenvalue weighted by Crippen LogP contribution is -2.41. The first kappa shape index (κ1) is 14.7. The molecular weight excluding hydrogens is 206 g/mol. The molecule has 0 aromatic heterocycles. The Kier molecular flexibility index (Phi) is 6.46. The number of methoxy groups -OCH3 is 1. The third kappa shape index (κ3) is 4.47. The summed E-state index contributed by atoms with van der Waals surface area (Å²) < 4.78 is 4.57. The fourth-order valence-corrected chi connectivity index (χ4v) is 1.31. The molecule has 0 radical (unpaired) electrons. The first-order valence-electron chi connectivity index (χ1n) is 5.48. The van der Waals surface area contributed by atoms with Crippen LogP contribution in [0.25, 0.3) is 0 Å². The van der Waals surface area contributed by atoms with Crippen molar-refractivity contribution in [3.05, 3.63) is 11.6 Å². The quantitative estimate of drug-likeness (QED) is 0.531.